The van der Waals surface area contributed by atoms with Crippen molar-refractivity contribution in [1.82, 2.24) is 9.47 Å². The van der Waals surface area contributed by atoms with Gasteiger partial charge in [0, 0.05) is 0 Å². The molecule has 0 amide bonds. The minimum atomic E-state index is 0.528. The Labute approximate surface area is 87.6 Å². The first-order valence-corrected chi connectivity index (χ1v) is 4.82. The fourth-order valence-electron chi connectivity index (χ4n) is 1.43. The molecule has 0 aliphatic carbocycles. The molecule has 1 aromatic heterocycles. The Hall–Kier alpha value is -1.13. The Morgan fingerprint density at radius 2 is 2.07 bits per heavy atom. The lowest BCUT2D eigenvalue weighted by molar-refractivity contribution is 0.320. The summed E-state index contributed by atoms with van der Waals surface area (Å²) in [6.07, 6.45) is 0. The summed E-state index contributed by atoms with van der Waals surface area (Å²) in [7, 11) is 4.01. The van der Waals surface area contributed by atoms with Crippen LogP contribution < -0.4 is 0 Å². The summed E-state index contributed by atoms with van der Waals surface area (Å²) in [5.41, 5.74) is 1.89. The maximum atomic E-state index is 5.45. The molecule has 0 N–H and O–H groups in total. The van der Waals surface area contributed by atoms with Gasteiger partial charge in [-0.2, -0.15) is 0 Å². The number of benzene rings is 1. The van der Waals surface area contributed by atoms with Gasteiger partial charge in [-0.25, -0.2) is 0 Å². The molecule has 0 unspecified atom stereocenters. The maximum Gasteiger partial charge on any atom is 0.270 e. The van der Waals surface area contributed by atoms with Crippen molar-refractivity contribution >= 4 is 23.3 Å². The summed E-state index contributed by atoms with van der Waals surface area (Å²) in [6, 6.07) is 7.87. The molecule has 14 heavy (non-hydrogen) atoms. The first-order chi connectivity index (χ1) is 6.68. The molecule has 0 aliphatic rings. The molecular weight excluding hydrogens is 196 g/mol. The minimum Gasteiger partial charge on any atom is -0.429 e. The lowest BCUT2D eigenvalue weighted by Gasteiger charge is -2.10. The summed E-state index contributed by atoms with van der Waals surface area (Å²) in [5.74, 6) is 0. The monoisotopic (exact) mass is 208 g/mol. The van der Waals surface area contributed by atoms with E-state index in [4.69, 9.17) is 16.6 Å². The van der Waals surface area contributed by atoms with Gasteiger partial charge in [0.2, 0.25) is 0 Å². The first kappa shape index (κ1) is 9.43. The summed E-state index contributed by atoms with van der Waals surface area (Å²) in [4.78, 5) is 2.58. The van der Waals surface area contributed by atoms with Crippen LogP contribution in [0, 0.1) is 4.84 Å². The molecule has 4 heteroatoms. The molecule has 2 rings (SSSR count). The molecule has 0 radical (unpaired) electrons. The lowest BCUT2D eigenvalue weighted by Crippen LogP contribution is -2.16. The van der Waals surface area contributed by atoms with Crippen molar-refractivity contribution in [3.8, 4) is 0 Å². The van der Waals surface area contributed by atoms with Gasteiger partial charge in [0.05, 0.1) is 12.2 Å². The number of hydrogen-bond donors (Lipinski definition) is 0. The fraction of sp³-hybridized carbons (Fsp3) is 0.300. The van der Waals surface area contributed by atoms with Gasteiger partial charge in [0.1, 0.15) is 0 Å². The van der Waals surface area contributed by atoms with Crippen LogP contribution in [0.25, 0.3) is 11.1 Å². The topological polar surface area (TPSA) is 21.3 Å². The Bertz CT molecular complexity index is 498. The second-order valence-corrected chi connectivity index (χ2v) is 3.83. The third-order valence-corrected chi connectivity index (χ3v) is 2.30. The summed E-state index contributed by atoms with van der Waals surface area (Å²) >= 11 is 5.14. The van der Waals surface area contributed by atoms with Crippen LogP contribution in [0.15, 0.2) is 28.7 Å². The number of para-hydroxylation sites is 2. The molecule has 0 atom stereocenters. The quantitative estimate of drug-likeness (QED) is 0.708. The van der Waals surface area contributed by atoms with Crippen molar-refractivity contribution in [2.75, 3.05) is 14.1 Å². The molecule has 1 heterocycles. The molecular formula is C10H12N2OS. The first-order valence-electron chi connectivity index (χ1n) is 4.41. The van der Waals surface area contributed by atoms with Gasteiger partial charge in [-0.1, -0.05) is 12.1 Å². The van der Waals surface area contributed by atoms with E-state index in [-0.39, 0.29) is 0 Å². The molecule has 0 spiro atoms. The highest BCUT2D eigenvalue weighted by molar-refractivity contribution is 7.71. The third-order valence-electron chi connectivity index (χ3n) is 2.00. The van der Waals surface area contributed by atoms with Crippen molar-refractivity contribution in [1.29, 1.82) is 0 Å². The zero-order chi connectivity index (χ0) is 10.1. The van der Waals surface area contributed by atoms with Crippen LogP contribution in [0.3, 0.4) is 0 Å². The van der Waals surface area contributed by atoms with Gasteiger partial charge < -0.3 is 4.42 Å². The van der Waals surface area contributed by atoms with Crippen LogP contribution in [-0.4, -0.2) is 23.6 Å². The van der Waals surface area contributed by atoms with Crippen molar-refractivity contribution < 1.29 is 4.42 Å². The van der Waals surface area contributed by atoms with Gasteiger partial charge in [-0.15, -0.1) is 0 Å². The second kappa shape index (κ2) is 3.55. The predicted molar refractivity (Wildman–Crippen MR) is 58.7 cm³/mol. The van der Waals surface area contributed by atoms with Crippen LogP contribution in [0.5, 0.6) is 0 Å². The number of rotatable bonds is 2. The minimum absolute atomic E-state index is 0.528. The Balaban J connectivity index is 2.62. The fourth-order valence-corrected chi connectivity index (χ4v) is 1.68. The molecule has 0 saturated carbocycles. The van der Waals surface area contributed by atoms with Crippen LogP contribution in [0.2, 0.25) is 0 Å². The lowest BCUT2D eigenvalue weighted by atomic mass is 10.3. The summed E-state index contributed by atoms with van der Waals surface area (Å²) in [6.45, 7) is 0.746. The van der Waals surface area contributed by atoms with Crippen molar-refractivity contribution in [3.05, 3.63) is 29.1 Å². The van der Waals surface area contributed by atoms with Gasteiger partial charge >= 0.3 is 0 Å². The molecule has 3 nitrogen and oxygen atoms in total. The Morgan fingerprint density at radius 1 is 1.36 bits per heavy atom. The standard InChI is InChI=1S/C10H12N2OS/c1-11(2)7-12-8-5-3-4-6-9(8)13-10(12)14/h3-6H,7H2,1-2H3. The van der Waals surface area contributed by atoms with E-state index >= 15 is 0 Å². The van der Waals surface area contributed by atoms with E-state index in [1.165, 1.54) is 0 Å². The number of oxazole rings is 1. The third kappa shape index (κ3) is 1.58. The van der Waals surface area contributed by atoms with Crippen molar-refractivity contribution in [3.63, 3.8) is 0 Å². The molecule has 1 aromatic carbocycles. The molecule has 74 valence electrons. The summed E-state index contributed by atoms with van der Waals surface area (Å²) in [5, 5.41) is 0. The van der Waals surface area contributed by atoms with E-state index in [0.29, 0.717) is 4.84 Å². The number of aromatic nitrogens is 1. The van der Waals surface area contributed by atoms with E-state index in [1.807, 2.05) is 42.9 Å². The molecule has 0 saturated heterocycles. The van der Waals surface area contributed by atoms with E-state index in [0.717, 1.165) is 17.8 Å². The van der Waals surface area contributed by atoms with Crippen molar-refractivity contribution in [2.24, 2.45) is 0 Å². The molecule has 0 fully saturated rings. The van der Waals surface area contributed by atoms with E-state index < -0.39 is 0 Å². The second-order valence-electron chi connectivity index (χ2n) is 3.48. The van der Waals surface area contributed by atoms with Crippen LogP contribution >= 0.6 is 12.2 Å². The van der Waals surface area contributed by atoms with Crippen LogP contribution in [0.4, 0.5) is 0 Å². The van der Waals surface area contributed by atoms with Crippen molar-refractivity contribution in [2.45, 2.75) is 6.67 Å². The van der Waals surface area contributed by atoms with E-state index in [1.54, 1.807) is 0 Å². The van der Waals surface area contributed by atoms with Gasteiger partial charge in [0.15, 0.2) is 5.58 Å². The molecule has 0 aliphatic heterocycles. The molecule has 0 bridgehead atoms. The average molecular weight is 208 g/mol. The Morgan fingerprint density at radius 3 is 2.79 bits per heavy atom. The average Bonchev–Trinajstić information content (AvgIpc) is 2.43. The highest BCUT2D eigenvalue weighted by Crippen LogP contribution is 2.16. The zero-order valence-electron chi connectivity index (χ0n) is 8.23. The number of fused-ring (bicyclic) bond motifs is 1. The van der Waals surface area contributed by atoms with Crippen LogP contribution in [0.1, 0.15) is 0 Å². The Kier molecular flexibility index (Phi) is 2.39. The van der Waals surface area contributed by atoms with Gasteiger partial charge in [-0.05, 0) is 38.4 Å². The highest BCUT2D eigenvalue weighted by Gasteiger charge is 2.05. The maximum absolute atomic E-state index is 5.45. The van der Waals surface area contributed by atoms with E-state index in [9.17, 15) is 0 Å². The van der Waals surface area contributed by atoms with Gasteiger partial charge in [0.25, 0.3) is 4.84 Å². The van der Waals surface area contributed by atoms with Crippen LogP contribution in [-0.2, 0) is 6.67 Å². The van der Waals surface area contributed by atoms with E-state index in [2.05, 4.69) is 4.90 Å². The zero-order valence-corrected chi connectivity index (χ0v) is 9.04. The largest absolute Gasteiger partial charge is 0.429 e. The summed E-state index contributed by atoms with van der Waals surface area (Å²) < 4.78 is 7.43. The molecule has 2 aromatic rings. The van der Waals surface area contributed by atoms with Gasteiger partial charge in [-0.3, -0.25) is 9.47 Å². The SMILES string of the molecule is CN(C)Cn1c(=S)oc2ccccc21. The highest BCUT2D eigenvalue weighted by atomic mass is 32.1. The number of nitrogens with zero attached hydrogens (tertiary/aromatic N) is 2. The smallest absolute Gasteiger partial charge is 0.270 e. The number of hydrogen-bond acceptors (Lipinski definition) is 3. The predicted octanol–water partition coefficient (Wildman–Crippen LogP) is 2.48. The normalized spacial score (nSPS) is 11.4.